The molecule has 0 saturated heterocycles. The fourth-order valence-electron chi connectivity index (χ4n) is 3.78. The molecule has 0 saturated carbocycles. The Morgan fingerprint density at radius 1 is 1.03 bits per heavy atom. The summed E-state index contributed by atoms with van der Waals surface area (Å²) < 4.78 is 5.12. The van der Waals surface area contributed by atoms with Crippen LogP contribution >= 0.6 is 0 Å². The van der Waals surface area contributed by atoms with Crippen LogP contribution in [0.15, 0.2) is 36.4 Å². The standard InChI is InChI=1S/C28H45NO5/c1-3-4-5-6-7-8-9-10-11-12-13-23(16-19-26(32)24(29)21-30)25(31)17-14-22-15-18-27(33)28(20-22)34-2/h14-20,23-24,26,30,32-33H,3-13,21,29H2,1-2H3/b17-14+,19-16+/t23?,24-,26+/m0/s1. The van der Waals surface area contributed by atoms with Crippen LogP contribution in [0.5, 0.6) is 11.5 Å². The lowest BCUT2D eigenvalue weighted by molar-refractivity contribution is -0.117. The molecule has 34 heavy (non-hydrogen) atoms. The minimum Gasteiger partial charge on any atom is -0.504 e. The summed E-state index contributed by atoms with van der Waals surface area (Å²) in [6.07, 6.45) is 18.4. The number of allylic oxidation sites excluding steroid dienone is 2. The first kappa shape index (κ1) is 29.9. The Kier molecular flexibility index (Phi) is 16.0. The molecule has 3 atom stereocenters. The lowest BCUT2D eigenvalue weighted by Crippen LogP contribution is -2.36. The van der Waals surface area contributed by atoms with E-state index in [1.54, 1.807) is 24.3 Å². The second-order valence-corrected chi connectivity index (χ2v) is 8.97. The molecule has 0 bridgehead atoms. The number of phenols is 1. The zero-order valence-electron chi connectivity index (χ0n) is 21.0. The van der Waals surface area contributed by atoms with Gasteiger partial charge in [0.25, 0.3) is 0 Å². The topological polar surface area (TPSA) is 113 Å². The monoisotopic (exact) mass is 475 g/mol. The third-order valence-electron chi connectivity index (χ3n) is 6.07. The molecule has 1 aromatic carbocycles. The molecular formula is C28H45NO5. The third kappa shape index (κ3) is 12.4. The number of hydrogen-bond donors (Lipinski definition) is 4. The number of carbonyl (C=O) groups is 1. The molecule has 0 spiro atoms. The molecule has 192 valence electrons. The van der Waals surface area contributed by atoms with Crippen LogP contribution in [0.3, 0.4) is 0 Å². The van der Waals surface area contributed by atoms with Gasteiger partial charge in [-0.3, -0.25) is 4.79 Å². The van der Waals surface area contributed by atoms with E-state index in [0.717, 1.165) is 18.4 Å². The van der Waals surface area contributed by atoms with Gasteiger partial charge in [-0.15, -0.1) is 0 Å². The summed E-state index contributed by atoms with van der Waals surface area (Å²) >= 11 is 0. The zero-order valence-corrected chi connectivity index (χ0v) is 21.0. The Hall–Kier alpha value is -2.15. The van der Waals surface area contributed by atoms with E-state index in [1.165, 1.54) is 76.7 Å². The molecule has 1 aromatic rings. The van der Waals surface area contributed by atoms with E-state index in [9.17, 15) is 15.0 Å². The van der Waals surface area contributed by atoms with Crippen molar-refractivity contribution >= 4 is 11.9 Å². The lowest BCUT2D eigenvalue weighted by atomic mass is 9.94. The van der Waals surface area contributed by atoms with Gasteiger partial charge in [0.1, 0.15) is 0 Å². The summed E-state index contributed by atoms with van der Waals surface area (Å²) in [6, 6.07) is 4.12. The van der Waals surface area contributed by atoms with Crippen LogP contribution in [-0.4, -0.2) is 47.0 Å². The number of hydrogen-bond acceptors (Lipinski definition) is 6. The highest BCUT2D eigenvalue weighted by Crippen LogP contribution is 2.27. The number of benzene rings is 1. The van der Waals surface area contributed by atoms with E-state index < -0.39 is 12.1 Å². The number of ketones is 1. The van der Waals surface area contributed by atoms with Crippen molar-refractivity contribution in [3.8, 4) is 11.5 Å². The van der Waals surface area contributed by atoms with E-state index in [-0.39, 0.29) is 24.1 Å². The van der Waals surface area contributed by atoms with Gasteiger partial charge in [-0.25, -0.2) is 0 Å². The molecule has 6 nitrogen and oxygen atoms in total. The van der Waals surface area contributed by atoms with Gasteiger partial charge in [-0.1, -0.05) is 95.4 Å². The van der Waals surface area contributed by atoms with Crippen LogP contribution in [-0.2, 0) is 4.79 Å². The van der Waals surface area contributed by atoms with Crippen LogP contribution in [0.4, 0.5) is 0 Å². The van der Waals surface area contributed by atoms with Crippen LogP contribution < -0.4 is 10.5 Å². The van der Waals surface area contributed by atoms with Crippen molar-refractivity contribution in [3.63, 3.8) is 0 Å². The van der Waals surface area contributed by atoms with Gasteiger partial charge in [0.15, 0.2) is 17.3 Å². The molecule has 1 unspecified atom stereocenters. The van der Waals surface area contributed by atoms with Crippen LogP contribution in [0, 0.1) is 5.92 Å². The predicted octanol–water partition coefficient (Wildman–Crippen LogP) is 5.15. The SMILES string of the molecule is CCCCCCCCCCCCC(/C=C/[C@@H](O)[C@@H](N)CO)C(=O)/C=C/c1ccc(O)c(OC)c1. The van der Waals surface area contributed by atoms with Gasteiger partial charge in [-0.2, -0.15) is 0 Å². The van der Waals surface area contributed by atoms with E-state index in [1.807, 2.05) is 0 Å². The molecule has 0 aromatic heterocycles. The highest BCUT2D eigenvalue weighted by atomic mass is 16.5. The van der Waals surface area contributed by atoms with E-state index in [0.29, 0.717) is 12.2 Å². The largest absolute Gasteiger partial charge is 0.504 e. The van der Waals surface area contributed by atoms with Crippen LogP contribution in [0.2, 0.25) is 0 Å². The molecule has 0 amide bonds. The number of ether oxygens (including phenoxy) is 1. The molecule has 0 radical (unpaired) electrons. The Bertz CT molecular complexity index is 746. The van der Waals surface area contributed by atoms with Gasteiger partial charge in [0, 0.05) is 5.92 Å². The molecule has 6 heteroatoms. The summed E-state index contributed by atoms with van der Waals surface area (Å²) in [5.74, 6) is -0.0479. The minimum atomic E-state index is -1.00. The molecule has 1 rings (SSSR count). The van der Waals surface area contributed by atoms with E-state index in [4.69, 9.17) is 15.6 Å². The van der Waals surface area contributed by atoms with Gasteiger partial charge in [0.05, 0.1) is 25.9 Å². The summed E-state index contributed by atoms with van der Waals surface area (Å²) in [5, 5.41) is 28.9. The maximum Gasteiger partial charge on any atom is 0.162 e. The number of aromatic hydroxyl groups is 1. The Balaban J connectivity index is 2.62. The Morgan fingerprint density at radius 3 is 2.24 bits per heavy atom. The van der Waals surface area contributed by atoms with Crippen molar-refractivity contribution in [2.24, 2.45) is 11.7 Å². The molecule has 0 heterocycles. The smallest absolute Gasteiger partial charge is 0.162 e. The number of aliphatic hydroxyl groups is 2. The maximum atomic E-state index is 12.9. The molecule has 0 fully saturated rings. The molecule has 0 aliphatic heterocycles. The highest BCUT2D eigenvalue weighted by Gasteiger charge is 2.15. The highest BCUT2D eigenvalue weighted by molar-refractivity contribution is 5.96. The van der Waals surface area contributed by atoms with Gasteiger partial charge >= 0.3 is 0 Å². The average molecular weight is 476 g/mol. The molecule has 5 N–H and O–H groups in total. The fraction of sp³-hybridized carbons (Fsp3) is 0.607. The second-order valence-electron chi connectivity index (χ2n) is 8.97. The molecular weight excluding hydrogens is 430 g/mol. The van der Waals surface area contributed by atoms with Crippen LogP contribution in [0.1, 0.15) is 83.1 Å². The first-order valence-electron chi connectivity index (χ1n) is 12.7. The van der Waals surface area contributed by atoms with Crippen molar-refractivity contribution in [2.45, 2.75) is 89.7 Å². The maximum absolute atomic E-state index is 12.9. The number of phenolic OH excluding ortho intramolecular Hbond substituents is 1. The quantitative estimate of drug-likeness (QED) is 0.125. The Morgan fingerprint density at radius 2 is 1.65 bits per heavy atom. The normalized spacial score (nSPS) is 14.5. The zero-order chi connectivity index (χ0) is 25.2. The second kappa shape index (κ2) is 18.2. The van der Waals surface area contributed by atoms with Crippen LogP contribution in [0.25, 0.3) is 6.08 Å². The van der Waals surface area contributed by atoms with E-state index >= 15 is 0 Å². The van der Waals surface area contributed by atoms with Crippen molar-refractivity contribution in [1.82, 2.24) is 0 Å². The summed E-state index contributed by atoms with van der Waals surface area (Å²) in [4.78, 5) is 12.9. The van der Waals surface area contributed by atoms with Crippen molar-refractivity contribution in [3.05, 3.63) is 42.0 Å². The van der Waals surface area contributed by atoms with Gasteiger partial charge in [-0.05, 0) is 30.2 Å². The molecule has 0 aliphatic carbocycles. The number of carbonyl (C=O) groups excluding carboxylic acids is 1. The number of rotatable bonds is 19. The average Bonchev–Trinajstić information content (AvgIpc) is 2.85. The summed E-state index contributed by atoms with van der Waals surface area (Å²) in [5.41, 5.74) is 6.42. The van der Waals surface area contributed by atoms with Crippen molar-refractivity contribution in [2.75, 3.05) is 13.7 Å². The van der Waals surface area contributed by atoms with Gasteiger partial charge in [0.2, 0.25) is 0 Å². The van der Waals surface area contributed by atoms with Gasteiger partial charge < -0.3 is 25.8 Å². The summed E-state index contributed by atoms with van der Waals surface area (Å²) in [7, 11) is 1.48. The number of nitrogens with two attached hydrogens (primary N) is 1. The van der Waals surface area contributed by atoms with Crippen molar-refractivity contribution in [1.29, 1.82) is 0 Å². The minimum absolute atomic E-state index is 0.0435. The van der Waals surface area contributed by atoms with Crippen molar-refractivity contribution < 1.29 is 24.9 Å². The number of aliphatic hydroxyl groups excluding tert-OH is 2. The lowest BCUT2D eigenvalue weighted by Gasteiger charge is -2.14. The first-order chi connectivity index (χ1) is 16.4. The summed E-state index contributed by atoms with van der Waals surface area (Å²) in [6.45, 7) is 1.90. The molecule has 0 aliphatic rings. The fourth-order valence-corrected chi connectivity index (χ4v) is 3.78. The van der Waals surface area contributed by atoms with E-state index in [2.05, 4.69) is 6.92 Å². The first-order valence-corrected chi connectivity index (χ1v) is 12.7. The Labute approximate surface area is 205 Å². The number of unbranched alkanes of at least 4 members (excludes halogenated alkanes) is 9. The predicted molar refractivity (Wildman–Crippen MR) is 139 cm³/mol. The third-order valence-corrected chi connectivity index (χ3v) is 6.07. The number of methoxy groups -OCH3 is 1.